The van der Waals surface area contributed by atoms with Gasteiger partial charge in [-0.25, -0.2) is 33.9 Å². The average Bonchev–Trinajstić information content (AvgIpc) is 4.00. The standard InChI is InChI=1S/C29H37N13O15P2/c30-18-1-2-40(29(46)37-18)20-5-14(57-58(47,48)51-7-16-12(44)3-19(54-16)41-10-35-22-24(31)33-9-34-25(22)41)17(55-20)8-52-59(49,50)56-13-4-21(53-15(13)6-43)42-11-36-23-26(42)38-28(32)39-27(23)45/h1-2,9-17,19-21,43-44H,3-8H2,(H,47,48)(H,49,50)(H2,30,37,46)(H2,31,33,34)(H3,32,38,39,45)/t12-,13-,14-,15+,16+,17+,19+,20+,21+/m0/s1. The predicted octanol–water partition coefficient (Wildman–Crippen LogP) is -1.82. The number of fused-ring (bicyclic) bond motifs is 2. The molecule has 0 spiro atoms. The number of hydrogen-bond acceptors (Lipinski definition) is 22. The zero-order valence-electron chi connectivity index (χ0n) is 30.3. The van der Waals surface area contributed by atoms with E-state index in [4.69, 9.17) is 49.5 Å². The van der Waals surface area contributed by atoms with E-state index in [1.54, 1.807) is 0 Å². The minimum absolute atomic E-state index is 0.0336. The Balaban J connectivity index is 0.928. The van der Waals surface area contributed by atoms with Crippen molar-refractivity contribution < 1.29 is 61.4 Å². The van der Waals surface area contributed by atoms with E-state index in [0.717, 1.165) is 4.57 Å². The summed E-state index contributed by atoms with van der Waals surface area (Å²) in [4.78, 5) is 72.8. The first kappa shape index (κ1) is 41.0. The number of H-pyrrole nitrogens is 1. The number of rotatable bonds is 14. The third-order valence-corrected chi connectivity index (χ3v) is 11.7. The maximum Gasteiger partial charge on any atom is 0.472 e. The summed E-state index contributed by atoms with van der Waals surface area (Å²) in [5, 5.41) is 20.7. The molecular weight excluding hydrogens is 832 g/mol. The number of aromatic nitrogens is 10. The lowest BCUT2D eigenvalue weighted by molar-refractivity contribution is -0.0609. The second kappa shape index (κ2) is 16.0. The summed E-state index contributed by atoms with van der Waals surface area (Å²) >= 11 is 0. The van der Waals surface area contributed by atoms with Crippen molar-refractivity contribution in [3.63, 3.8) is 0 Å². The molecule has 8 rings (SSSR count). The van der Waals surface area contributed by atoms with E-state index < -0.39 is 102 Å². The Kier molecular flexibility index (Phi) is 11.1. The van der Waals surface area contributed by atoms with E-state index in [0.29, 0.717) is 11.2 Å². The fourth-order valence-electron chi connectivity index (χ4n) is 6.93. The van der Waals surface area contributed by atoms with Crippen molar-refractivity contribution in [2.75, 3.05) is 37.0 Å². The number of anilines is 3. The largest absolute Gasteiger partial charge is 0.472 e. The maximum absolute atomic E-state index is 13.3. The molecule has 11 atom stereocenters. The number of aliphatic hydroxyl groups is 2. The number of nitrogens with two attached hydrogens (primary N) is 3. The number of nitrogens with zero attached hydrogens (tertiary/aromatic N) is 9. The fraction of sp³-hybridized carbons (Fsp3) is 0.517. The highest BCUT2D eigenvalue weighted by atomic mass is 31.2. The molecule has 5 aromatic heterocycles. The van der Waals surface area contributed by atoms with Crippen LogP contribution >= 0.6 is 15.6 Å². The van der Waals surface area contributed by atoms with Crippen molar-refractivity contribution in [1.29, 1.82) is 0 Å². The van der Waals surface area contributed by atoms with Crippen LogP contribution in [0.25, 0.3) is 22.3 Å². The summed E-state index contributed by atoms with van der Waals surface area (Å²) in [6.07, 6.45) is -5.74. The van der Waals surface area contributed by atoms with E-state index in [-0.39, 0.29) is 48.0 Å². The van der Waals surface area contributed by atoms with Crippen LogP contribution < -0.4 is 28.5 Å². The predicted molar refractivity (Wildman–Crippen MR) is 195 cm³/mol. The van der Waals surface area contributed by atoms with Crippen LogP contribution in [0.5, 0.6) is 0 Å². The van der Waals surface area contributed by atoms with Gasteiger partial charge in [-0.05, 0) is 6.07 Å². The lowest BCUT2D eigenvalue weighted by atomic mass is 10.2. The number of ether oxygens (including phenoxy) is 3. The van der Waals surface area contributed by atoms with Crippen molar-refractivity contribution in [3.8, 4) is 0 Å². The Morgan fingerprint density at radius 3 is 2.07 bits per heavy atom. The smallest absolute Gasteiger partial charge is 0.394 e. The van der Waals surface area contributed by atoms with E-state index in [2.05, 4.69) is 34.9 Å². The van der Waals surface area contributed by atoms with Crippen LogP contribution in [0.1, 0.15) is 37.9 Å². The van der Waals surface area contributed by atoms with Gasteiger partial charge in [-0.2, -0.15) is 9.97 Å². The summed E-state index contributed by atoms with van der Waals surface area (Å²) in [6.45, 7) is -2.08. The molecule has 3 fully saturated rings. The molecule has 3 saturated heterocycles. The van der Waals surface area contributed by atoms with Crippen molar-refractivity contribution in [2.24, 2.45) is 0 Å². The van der Waals surface area contributed by atoms with Crippen LogP contribution in [0.3, 0.4) is 0 Å². The molecule has 59 heavy (non-hydrogen) atoms. The van der Waals surface area contributed by atoms with Gasteiger partial charge in [0, 0.05) is 25.5 Å². The lowest BCUT2D eigenvalue weighted by Crippen LogP contribution is -2.31. The maximum atomic E-state index is 13.3. The molecule has 3 aliphatic heterocycles. The Labute approximate surface area is 329 Å². The van der Waals surface area contributed by atoms with Crippen LogP contribution in [-0.2, 0) is 41.4 Å². The summed E-state index contributed by atoms with van der Waals surface area (Å²) in [7, 11) is -10.1. The van der Waals surface area contributed by atoms with E-state index >= 15 is 0 Å². The number of nitrogen functional groups attached to an aromatic ring is 3. The van der Waals surface area contributed by atoms with Gasteiger partial charge >= 0.3 is 21.3 Å². The first-order valence-corrected chi connectivity index (χ1v) is 20.6. The van der Waals surface area contributed by atoms with E-state index in [9.17, 15) is 38.7 Å². The summed E-state index contributed by atoms with van der Waals surface area (Å²) in [5.41, 5.74) is 16.4. The minimum Gasteiger partial charge on any atom is -0.394 e. The van der Waals surface area contributed by atoms with Gasteiger partial charge in [-0.15, -0.1) is 0 Å². The van der Waals surface area contributed by atoms with Crippen molar-refractivity contribution in [2.45, 2.75) is 74.6 Å². The van der Waals surface area contributed by atoms with Crippen LogP contribution in [0.2, 0.25) is 0 Å². The SMILES string of the molecule is Nc1ccn([C@H]2C[C@H](OP(=O)(O)OC[C@H]3O[C@@H](n4cnc5c(N)ncnc54)C[C@@H]3O)[C@@H](COP(=O)(O)O[C@H]3C[C@H](n4cnc5c(=O)[nH]c(N)nc54)O[C@@H]3CO)O2)c(=O)n1. The monoisotopic (exact) mass is 869 g/mol. The van der Waals surface area contributed by atoms with Crippen LogP contribution in [0, 0.1) is 0 Å². The van der Waals surface area contributed by atoms with Crippen LogP contribution in [0.15, 0.2) is 40.8 Å². The van der Waals surface area contributed by atoms with Crippen molar-refractivity contribution >= 4 is 55.6 Å². The molecule has 0 aliphatic carbocycles. The zero-order valence-corrected chi connectivity index (χ0v) is 32.0. The lowest BCUT2D eigenvalue weighted by Gasteiger charge is -2.24. The molecule has 0 bridgehead atoms. The van der Waals surface area contributed by atoms with E-state index in [1.165, 1.54) is 40.4 Å². The number of phosphoric acid groups is 2. The summed E-state index contributed by atoms with van der Waals surface area (Å²) in [5.74, 6) is -0.146. The number of hydrogen-bond donors (Lipinski definition) is 8. The minimum atomic E-state index is -5.04. The molecule has 0 aromatic carbocycles. The molecule has 0 radical (unpaired) electrons. The molecule has 2 unspecified atom stereocenters. The molecule has 0 amide bonds. The number of imidazole rings is 2. The van der Waals surface area contributed by atoms with Gasteiger partial charge in [0.2, 0.25) is 5.95 Å². The quantitative estimate of drug-likeness (QED) is 0.0570. The Morgan fingerprint density at radius 2 is 1.37 bits per heavy atom. The van der Waals surface area contributed by atoms with Gasteiger partial charge in [0.25, 0.3) is 5.56 Å². The molecule has 30 heteroatoms. The normalized spacial score (nSPS) is 29.3. The second-order valence-electron chi connectivity index (χ2n) is 13.6. The summed E-state index contributed by atoms with van der Waals surface area (Å²) < 4.78 is 69.5. The highest BCUT2D eigenvalue weighted by molar-refractivity contribution is 7.47. The molecule has 3 aliphatic rings. The Hall–Kier alpha value is -4.80. The molecule has 5 aromatic rings. The molecule has 0 saturated carbocycles. The van der Waals surface area contributed by atoms with Gasteiger partial charge in [0.15, 0.2) is 22.6 Å². The molecule has 318 valence electrons. The first-order valence-electron chi connectivity index (χ1n) is 17.6. The van der Waals surface area contributed by atoms with Crippen molar-refractivity contribution in [3.05, 3.63) is 52.1 Å². The zero-order chi connectivity index (χ0) is 41.8. The average molecular weight is 870 g/mol. The van der Waals surface area contributed by atoms with Crippen LogP contribution in [0.4, 0.5) is 17.6 Å². The second-order valence-corrected chi connectivity index (χ2v) is 16.4. The molecule has 8 heterocycles. The van der Waals surface area contributed by atoms with Gasteiger partial charge in [-0.1, -0.05) is 0 Å². The molecule has 11 N–H and O–H groups in total. The third-order valence-electron chi connectivity index (χ3n) is 9.71. The van der Waals surface area contributed by atoms with Crippen molar-refractivity contribution in [1.82, 2.24) is 48.6 Å². The van der Waals surface area contributed by atoms with Crippen LogP contribution in [-0.4, -0.2) is 125 Å². The number of aromatic amines is 1. The van der Waals surface area contributed by atoms with Gasteiger partial charge < -0.3 is 51.4 Å². The molecule has 28 nitrogen and oxygen atoms in total. The summed E-state index contributed by atoms with van der Waals surface area (Å²) in [6, 6.07) is 1.30. The number of phosphoric ester groups is 2. The third kappa shape index (κ3) is 8.49. The topological polar surface area (TPSA) is 400 Å². The van der Waals surface area contributed by atoms with Gasteiger partial charge in [0.05, 0.1) is 38.6 Å². The fourth-order valence-corrected chi connectivity index (χ4v) is 8.85. The van der Waals surface area contributed by atoms with Gasteiger partial charge in [0.1, 0.15) is 66.9 Å². The Bertz CT molecular complexity index is 2570. The molecular formula is C29H37N13O15P2. The highest BCUT2D eigenvalue weighted by Crippen LogP contribution is 2.52. The number of nitrogens with one attached hydrogen (secondary N) is 1. The number of aliphatic hydroxyl groups excluding tert-OH is 2. The first-order chi connectivity index (χ1) is 28.1. The highest BCUT2D eigenvalue weighted by Gasteiger charge is 2.46. The van der Waals surface area contributed by atoms with E-state index in [1.807, 2.05) is 0 Å². The Morgan fingerprint density at radius 1 is 0.780 bits per heavy atom. The van der Waals surface area contributed by atoms with Gasteiger partial charge in [-0.3, -0.25) is 41.6 Å².